The van der Waals surface area contributed by atoms with Crippen molar-refractivity contribution in [2.45, 2.75) is 39.3 Å². The summed E-state index contributed by atoms with van der Waals surface area (Å²) in [4.78, 5) is 9.08. The Kier molecular flexibility index (Phi) is 6.61. The maximum Gasteiger partial charge on any atom is 0.191 e. The van der Waals surface area contributed by atoms with E-state index in [-0.39, 0.29) is 0 Å². The number of furan rings is 1. The average Bonchev–Trinajstić information content (AvgIpc) is 3.20. The number of guanidine groups is 1. The predicted molar refractivity (Wildman–Crippen MR) is 92.7 cm³/mol. The molecule has 126 valence electrons. The first-order chi connectivity index (χ1) is 11.1. The van der Waals surface area contributed by atoms with Gasteiger partial charge in [-0.2, -0.15) is 0 Å². The molecule has 23 heavy (non-hydrogen) atoms. The molecule has 0 fully saturated rings. The largest absolute Gasteiger partial charge is 0.467 e. The van der Waals surface area contributed by atoms with Gasteiger partial charge in [0.1, 0.15) is 16.9 Å². The Balaban J connectivity index is 1.91. The molecule has 2 aromatic heterocycles. The van der Waals surface area contributed by atoms with Crippen molar-refractivity contribution in [3.8, 4) is 0 Å². The smallest absolute Gasteiger partial charge is 0.191 e. The summed E-state index contributed by atoms with van der Waals surface area (Å²) in [6, 6.07) is 3.51. The minimum Gasteiger partial charge on any atom is -0.467 e. The lowest BCUT2D eigenvalue weighted by Crippen LogP contribution is -2.39. The van der Waals surface area contributed by atoms with Crippen LogP contribution in [0.25, 0.3) is 0 Å². The summed E-state index contributed by atoms with van der Waals surface area (Å²) in [6.45, 7) is 7.85. The van der Waals surface area contributed by atoms with Gasteiger partial charge in [0.05, 0.1) is 25.0 Å². The number of thiazole rings is 1. The number of aliphatic imine (C=N–C) groups is 1. The predicted octanol–water partition coefficient (Wildman–Crippen LogP) is 2.65. The Morgan fingerprint density at radius 1 is 1.43 bits per heavy atom. The second-order valence-electron chi connectivity index (χ2n) is 5.43. The molecule has 3 N–H and O–H groups in total. The lowest BCUT2D eigenvalue weighted by Gasteiger charge is -2.13. The van der Waals surface area contributed by atoms with Gasteiger partial charge in [-0.25, -0.2) is 9.98 Å². The van der Waals surface area contributed by atoms with Gasteiger partial charge in [-0.3, -0.25) is 0 Å². The average molecular weight is 336 g/mol. The van der Waals surface area contributed by atoms with E-state index >= 15 is 0 Å². The maximum absolute atomic E-state index is 10.0. The Hall–Kier alpha value is -1.86. The zero-order chi connectivity index (χ0) is 16.7. The summed E-state index contributed by atoms with van der Waals surface area (Å²) in [5.74, 6) is 1.62. The minimum absolute atomic E-state index is 0.328. The van der Waals surface area contributed by atoms with Gasteiger partial charge in [0.15, 0.2) is 5.96 Å². The summed E-state index contributed by atoms with van der Waals surface area (Å²) in [6.07, 6.45) is 0.841. The Morgan fingerprint density at radius 3 is 2.87 bits per heavy atom. The van der Waals surface area contributed by atoms with E-state index in [2.05, 4.69) is 39.8 Å². The number of aromatic nitrogens is 1. The van der Waals surface area contributed by atoms with Crippen molar-refractivity contribution in [3.63, 3.8) is 0 Å². The molecular formula is C16H24N4O2S. The highest BCUT2D eigenvalue weighted by Gasteiger charge is 2.11. The van der Waals surface area contributed by atoms with Crippen molar-refractivity contribution in [1.82, 2.24) is 15.6 Å². The molecule has 0 aliphatic heterocycles. The molecule has 0 aromatic carbocycles. The van der Waals surface area contributed by atoms with Crippen molar-refractivity contribution in [3.05, 3.63) is 40.2 Å². The van der Waals surface area contributed by atoms with E-state index in [9.17, 15) is 5.11 Å². The van der Waals surface area contributed by atoms with Crippen LogP contribution in [-0.4, -0.2) is 29.1 Å². The molecule has 1 unspecified atom stereocenters. The van der Waals surface area contributed by atoms with Crippen LogP contribution >= 0.6 is 11.3 Å². The zero-order valence-electron chi connectivity index (χ0n) is 13.7. The van der Waals surface area contributed by atoms with Crippen LogP contribution in [0.5, 0.6) is 0 Å². The van der Waals surface area contributed by atoms with Crippen molar-refractivity contribution in [2.75, 3.05) is 13.1 Å². The summed E-state index contributed by atoms with van der Waals surface area (Å²) in [7, 11) is 0. The third-order valence-electron chi connectivity index (χ3n) is 3.21. The molecule has 0 saturated heterocycles. The normalized spacial score (nSPS) is 13.3. The third-order valence-corrected chi connectivity index (χ3v) is 4.06. The molecule has 0 bridgehead atoms. The number of aliphatic hydroxyl groups is 1. The third kappa shape index (κ3) is 5.37. The molecule has 6 nitrogen and oxygen atoms in total. The fourth-order valence-corrected chi connectivity index (χ4v) is 2.80. The van der Waals surface area contributed by atoms with E-state index in [1.54, 1.807) is 29.7 Å². The fraction of sp³-hybridized carbons (Fsp3) is 0.500. The van der Waals surface area contributed by atoms with Gasteiger partial charge in [0.2, 0.25) is 0 Å². The molecule has 2 rings (SSSR count). The van der Waals surface area contributed by atoms with Gasteiger partial charge < -0.3 is 20.2 Å². The van der Waals surface area contributed by atoms with Crippen LogP contribution in [0.1, 0.15) is 49.3 Å². The molecule has 1 atom stereocenters. The molecule has 0 spiro atoms. The minimum atomic E-state index is -0.707. The number of aliphatic hydroxyl groups excluding tert-OH is 1. The van der Waals surface area contributed by atoms with E-state index < -0.39 is 6.10 Å². The molecule has 0 radical (unpaired) electrons. The summed E-state index contributed by atoms with van der Waals surface area (Å²) >= 11 is 1.62. The Labute approximate surface area is 140 Å². The van der Waals surface area contributed by atoms with E-state index in [1.807, 2.05) is 6.92 Å². The molecule has 7 heteroatoms. The number of hydrogen-bond donors (Lipinski definition) is 3. The molecule has 0 saturated carbocycles. The first kappa shape index (κ1) is 17.5. The highest BCUT2D eigenvalue weighted by Crippen LogP contribution is 2.18. The van der Waals surface area contributed by atoms with Gasteiger partial charge in [-0.05, 0) is 25.0 Å². The van der Waals surface area contributed by atoms with Crippen LogP contribution in [0.4, 0.5) is 0 Å². The highest BCUT2D eigenvalue weighted by molar-refractivity contribution is 7.09. The Bertz CT molecular complexity index is 607. The first-order valence-corrected chi connectivity index (χ1v) is 8.66. The van der Waals surface area contributed by atoms with Crippen LogP contribution in [0.15, 0.2) is 33.2 Å². The summed E-state index contributed by atoms with van der Waals surface area (Å²) < 4.78 is 5.18. The van der Waals surface area contributed by atoms with E-state index in [4.69, 9.17) is 4.42 Å². The lowest BCUT2D eigenvalue weighted by molar-refractivity contribution is 0.153. The van der Waals surface area contributed by atoms with Gasteiger partial charge >= 0.3 is 0 Å². The Morgan fingerprint density at radius 2 is 2.26 bits per heavy atom. The van der Waals surface area contributed by atoms with Crippen LogP contribution in [0.2, 0.25) is 0 Å². The number of nitrogens with one attached hydrogen (secondary N) is 2. The second-order valence-corrected chi connectivity index (χ2v) is 6.37. The van der Waals surface area contributed by atoms with E-state index in [0.29, 0.717) is 30.7 Å². The van der Waals surface area contributed by atoms with Crippen LogP contribution in [0, 0.1) is 0 Å². The van der Waals surface area contributed by atoms with Gasteiger partial charge in [0.25, 0.3) is 0 Å². The summed E-state index contributed by atoms with van der Waals surface area (Å²) in [5.41, 5.74) is 1.10. The lowest BCUT2D eigenvalue weighted by atomic mass is 10.2. The standard InChI is InChI=1S/C16H24N4O2S/c1-4-17-16(18-8-13(21)14-6-5-7-22-14)19-9-15-20-12(10-23-15)11(2)3/h5-7,10-11,13,21H,4,8-9H2,1-3H3,(H2,17,18,19). The highest BCUT2D eigenvalue weighted by atomic mass is 32.1. The monoisotopic (exact) mass is 336 g/mol. The molecule has 0 aliphatic rings. The zero-order valence-corrected chi connectivity index (χ0v) is 14.6. The van der Waals surface area contributed by atoms with Gasteiger partial charge in [-0.1, -0.05) is 13.8 Å². The van der Waals surface area contributed by atoms with Crippen molar-refractivity contribution in [2.24, 2.45) is 4.99 Å². The van der Waals surface area contributed by atoms with Crippen molar-refractivity contribution in [1.29, 1.82) is 0 Å². The maximum atomic E-state index is 10.0. The molecule has 0 amide bonds. The van der Waals surface area contributed by atoms with Crippen molar-refractivity contribution < 1.29 is 9.52 Å². The molecule has 2 aromatic rings. The van der Waals surface area contributed by atoms with Crippen LogP contribution in [-0.2, 0) is 6.54 Å². The molecule has 2 heterocycles. The van der Waals surface area contributed by atoms with Crippen LogP contribution in [0.3, 0.4) is 0 Å². The first-order valence-electron chi connectivity index (χ1n) is 7.78. The van der Waals surface area contributed by atoms with Crippen molar-refractivity contribution >= 4 is 17.3 Å². The second kappa shape index (κ2) is 8.69. The fourth-order valence-electron chi connectivity index (χ4n) is 1.93. The number of hydrogen-bond acceptors (Lipinski definition) is 5. The SMILES string of the molecule is CCNC(=NCc1nc(C(C)C)cs1)NCC(O)c1ccco1. The quantitative estimate of drug-likeness (QED) is 0.535. The topological polar surface area (TPSA) is 82.7 Å². The number of rotatable bonds is 7. The van der Waals surface area contributed by atoms with Crippen LogP contribution < -0.4 is 10.6 Å². The van der Waals surface area contributed by atoms with E-state index in [1.165, 1.54) is 0 Å². The number of nitrogens with zero attached hydrogens (tertiary/aromatic N) is 2. The summed E-state index contributed by atoms with van der Waals surface area (Å²) in [5, 5.41) is 19.4. The van der Waals surface area contributed by atoms with Gasteiger partial charge in [-0.15, -0.1) is 11.3 Å². The molecule has 0 aliphatic carbocycles. The van der Waals surface area contributed by atoms with Gasteiger partial charge in [0, 0.05) is 11.9 Å². The molecular weight excluding hydrogens is 312 g/mol. The van der Waals surface area contributed by atoms with E-state index in [0.717, 1.165) is 17.2 Å².